The number of thioether (sulfide) groups is 1. The third-order valence-corrected chi connectivity index (χ3v) is 2.87. The molecule has 3 heteroatoms. The Hall–Kier alpha value is -1.35. The van der Waals surface area contributed by atoms with Crippen LogP contribution < -0.4 is 10.5 Å². The number of ether oxygens (including phenoxy) is 1. The molecular formula is C12H15NOS. The first-order chi connectivity index (χ1) is 7.17. The highest BCUT2D eigenvalue weighted by Gasteiger charge is 2.02. The standard InChI is InChI=1S/C12H15NOS/c1-4-12(13)15-9(2)10-6-5-7-11(8-10)14-3/h4-8H,2,13H2,1,3H3/b12-4-. The summed E-state index contributed by atoms with van der Waals surface area (Å²) >= 11 is 1.46. The van der Waals surface area contributed by atoms with E-state index in [9.17, 15) is 0 Å². The van der Waals surface area contributed by atoms with Crippen molar-refractivity contribution >= 4 is 16.7 Å². The molecule has 0 saturated carbocycles. The summed E-state index contributed by atoms with van der Waals surface area (Å²) in [5, 5.41) is 0.753. The van der Waals surface area contributed by atoms with Gasteiger partial charge in [0.15, 0.2) is 0 Å². The van der Waals surface area contributed by atoms with Crippen LogP contribution in [0.4, 0.5) is 0 Å². The van der Waals surface area contributed by atoms with Gasteiger partial charge in [-0.25, -0.2) is 0 Å². The summed E-state index contributed by atoms with van der Waals surface area (Å²) in [7, 11) is 1.65. The van der Waals surface area contributed by atoms with Crippen molar-refractivity contribution in [3.63, 3.8) is 0 Å². The van der Waals surface area contributed by atoms with Gasteiger partial charge in [0, 0.05) is 4.91 Å². The van der Waals surface area contributed by atoms with Gasteiger partial charge in [-0.3, -0.25) is 0 Å². The highest BCUT2D eigenvalue weighted by molar-refractivity contribution is 8.11. The maximum Gasteiger partial charge on any atom is 0.119 e. The number of benzene rings is 1. The Kier molecular flexibility index (Phi) is 4.31. The summed E-state index contributed by atoms with van der Waals surface area (Å²) in [6.07, 6.45) is 1.86. The predicted molar refractivity (Wildman–Crippen MR) is 67.6 cm³/mol. The van der Waals surface area contributed by atoms with Crippen LogP contribution in [0.1, 0.15) is 12.5 Å². The number of nitrogens with two attached hydrogens (primary N) is 1. The van der Waals surface area contributed by atoms with Gasteiger partial charge in [0.05, 0.1) is 12.1 Å². The Morgan fingerprint density at radius 1 is 1.53 bits per heavy atom. The van der Waals surface area contributed by atoms with Crippen LogP contribution in [0.25, 0.3) is 4.91 Å². The first-order valence-corrected chi connectivity index (χ1v) is 5.42. The Balaban J connectivity index is 2.82. The van der Waals surface area contributed by atoms with Crippen LogP contribution in [0.3, 0.4) is 0 Å². The van der Waals surface area contributed by atoms with Gasteiger partial charge < -0.3 is 10.5 Å². The maximum atomic E-state index is 5.71. The molecule has 0 atom stereocenters. The van der Waals surface area contributed by atoms with Crippen LogP contribution in [-0.2, 0) is 0 Å². The third-order valence-electron chi connectivity index (χ3n) is 1.92. The molecule has 0 aliphatic carbocycles. The molecular weight excluding hydrogens is 206 g/mol. The summed E-state index contributed by atoms with van der Waals surface area (Å²) in [6, 6.07) is 7.77. The molecule has 0 aliphatic rings. The molecule has 15 heavy (non-hydrogen) atoms. The minimum absolute atomic E-state index is 0.753. The fourth-order valence-corrected chi connectivity index (χ4v) is 1.70. The van der Waals surface area contributed by atoms with Gasteiger partial charge in [-0.2, -0.15) is 0 Å². The van der Waals surface area contributed by atoms with Gasteiger partial charge in [-0.15, -0.1) is 0 Å². The second kappa shape index (κ2) is 5.51. The van der Waals surface area contributed by atoms with E-state index in [1.54, 1.807) is 7.11 Å². The maximum absolute atomic E-state index is 5.71. The lowest BCUT2D eigenvalue weighted by molar-refractivity contribution is 0.414. The summed E-state index contributed by atoms with van der Waals surface area (Å²) < 4.78 is 5.14. The van der Waals surface area contributed by atoms with Crippen molar-refractivity contribution < 1.29 is 4.74 Å². The van der Waals surface area contributed by atoms with Crippen LogP contribution in [0, 0.1) is 0 Å². The average molecular weight is 221 g/mol. The van der Waals surface area contributed by atoms with E-state index in [4.69, 9.17) is 10.5 Å². The quantitative estimate of drug-likeness (QED) is 0.848. The number of hydrogen-bond donors (Lipinski definition) is 1. The molecule has 2 nitrogen and oxygen atoms in total. The molecule has 1 rings (SSSR count). The number of allylic oxidation sites excluding steroid dienone is 1. The van der Waals surface area contributed by atoms with E-state index in [0.717, 1.165) is 21.2 Å². The lowest BCUT2D eigenvalue weighted by Gasteiger charge is -2.07. The molecule has 0 aromatic heterocycles. The van der Waals surface area contributed by atoms with Crippen molar-refractivity contribution in [1.29, 1.82) is 0 Å². The van der Waals surface area contributed by atoms with Gasteiger partial charge in [-0.05, 0) is 24.6 Å². The SMILES string of the molecule is C=C(S/C(N)=C\C)c1cccc(OC)c1. The van der Waals surface area contributed by atoms with E-state index in [0.29, 0.717) is 0 Å². The van der Waals surface area contributed by atoms with Crippen LogP contribution in [0.15, 0.2) is 41.9 Å². The molecule has 0 fully saturated rings. The highest BCUT2D eigenvalue weighted by atomic mass is 32.2. The van der Waals surface area contributed by atoms with E-state index in [1.165, 1.54) is 11.8 Å². The summed E-state index contributed by atoms with van der Waals surface area (Å²) in [4.78, 5) is 0.921. The molecule has 2 N–H and O–H groups in total. The molecule has 0 aliphatic heterocycles. The van der Waals surface area contributed by atoms with E-state index in [1.807, 2.05) is 37.3 Å². The number of rotatable bonds is 4. The smallest absolute Gasteiger partial charge is 0.119 e. The van der Waals surface area contributed by atoms with Crippen molar-refractivity contribution in [2.45, 2.75) is 6.92 Å². The molecule has 0 heterocycles. The molecule has 1 aromatic carbocycles. The fraction of sp³-hybridized carbons (Fsp3) is 0.167. The molecule has 0 unspecified atom stereocenters. The van der Waals surface area contributed by atoms with Gasteiger partial charge in [0.1, 0.15) is 5.75 Å². The molecule has 80 valence electrons. The third kappa shape index (κ3) is 3.36. The largest absolute Gasteiger partial charge is 0.497 e. The van der Waals surface area contributed by atoms with E-state index < -0.39 is 0 Å². The molecule has 0 amide bonds. The number of methoxy groups -OCH3 is 1. The lowest BCUT2D eigenvalue weighted by atomic mass is 10.2. The first kappa shape index (κ1) is 11.7. The van der Waals surface area contributed by atoms with E-state index in [2.05, 4.69) is 6.58 Å². The van der Waals surface area contributed by atoms with Crippen molar-refractivity contribution in [1.82, 2.24) is 0 Å². The Bertz CT molecular complexity index is 385. The second-order valence-electron chi connectivity index (χ2n) is 2.95. The molecule has 0 bridgehead atoms. The minimum atomic E-state index is 0.753. The minimum Gasteiger partial charge on any atom is -0.497 e. The van der Waals surface area contributed by atoms with Crippen molar-refractivity contribution in [3.8, 4) is 5.75 Å². The normalized spacial score (nSPS) is 11.2. The summed E-state index contributed by atoms with van der Waals surface area (Å²) in [5.74, 6) is 0.827. The second-order valence-corrected chi connectivity index (χ2v) is 4.12. The van der Waals surface area contributed by atoms with Crippen LogP contribution in [0.5, 0.6) is 5.75 Å². The molecule has 0 radical (unpaired) electrons. The predicted octanol–water partition coefficient (Wildman–Crippen LogP) is 3.22. The van der Waals surface area contributed by atoms with Gasteiger partial charge in [0.2, 0.25) is 0 Å². The zero-order valence-electron chi connectivity index (χ0n) is 8.99. The Labute approximate surface area is 94.8 Å². The fourth-order valence-electron chi connectivity index (χ4n) is 1.06. The first-order valence-electron chi connectivity index (χ1n) is 4.60. The van der Waals surface area contributed by atoms with Crippen molar-refractivity contribution in [2.75, 3.05) is 7.11 Å². The lowest BCUT2D eigenvalue weighted by Crippen LogP contribution is -1.91. The Morgan fingerprint density at radius 3 is 2.87 bits per heavy atom. The topological polar surface area (TPSA) is 35.2 Å². The van der Waals surface area contributed by atoms with Crippen LogP contribution in [-0.4, -0.2) is 7.11 Å². The average Bonchev–Trinajstić information content (AvgIpc) is 2.28. The monoisotopic (exact) mass is 221 g/mol. The van der Waals surface area contributed by atoms with Crippen LogP contribution in [0.2, 0.25) is 0 Å². The molecule has 0 spiro atoms. The molecule has 0 saturated heterocycles. The van der Waals surface area contributed by atoms with E-state index >= 15 is 0 Å². The summed E-state index contributed by atoms with van der Waals surface area (Å²) in [6.45, 7) is 5.88. The van der Waals surface area contributed by atoms with Gasteiger partial charge in [-0.1, -0.05) is 36.5 Å². The van der Waals surface area contributed by atoms with Crippen molar-refractivity contribution in [3.05, 3.63) is 47.5 Å². The van der Waals surface area contributed by atoms with E-state index in [-0.39, 0.29) is 0 Å². The molecule has 1 aromatic rings. The van der Waals surface area contributed by atoms with Crippen LogP contribution >= 0.6 is 11.8 Å². The van der Waals surface area contributed by atoms with Gasteiger partial charge >= 0.3 is 0 Å². The van der Waals surface area contributed by atoms with Crippen molar-refractivity contribution in [2.24, 2.45) is 5.73 Å². The summed E-state index contributed by atoms with van der Waals surface area (Å²) in [5.41, 5.74) is 6.75. The zero-order valence-corrected chi connectivity index (χ0v) is 9.80. The zero-order chi connectivity index (χ0) is 11.3. The Morgan fingerprint density at radius 2 is 2.27 bits per heavy atom. The number of hydrogen-bond acceptors (Lipinski definition) is 3. The highest BCUT2D eigenvalue weighted by Crippen LogP contribution is 2.30. The van der Waals surface area contributed by atoms with Gasteiger partial charge in [0.25, 0.3) is 0 Å².